The highest BCUT2D eigenvalue weighted by atomic mass is 16.2. The first-order valence-corrected chi connectivity index (χ1v) is 7.61. The smallest absolute Gasteiger partial charge is 0.236 e. The minimum atomic E-state index is -0.435. The van der Waals surface area contributed by atoms with Gasteiger partial charge in [0, 0.05) is 18.8 Å². The molecule has 1 aliphatic carbocycles. The fourth-order valence-electron chi connectivity index (χ4n) is 3.79. The molecule has 1 aromatic carbocycles. The molecule has 3 heteroatoms. The summed E-state index contributed by atoms with van der Waals surface area (Å²) in [6.45, 7) is 4.01. The normalized spacial score (nSPS) is 23.2. The van der Waals surface area contributed by atoms with Crippen LogP contribution in [0.5, 0.6) is 0 Å². The van der Waals surface area contributed by atoms with E-state index in [1.54, 1.807) is 4.90 Å². The van der Waals surface area contributed by atoms with Gasteiger partial charge in [-0.2, -0.15) is 0 Å². The molecule has 0 aromatic heterocycles. The predicted octanol–water partition coefficient (Wildman–Crippen LogP) is 3.13. The molecule has 1 amide bonds. The van der Waals surface area contributed by atoms with Gasteiger partial charge in [0.25, 0.3) is 0 Å². The highest BCUT2D eigenvalue weighted by Crippen LogP contribution is 2.43. The molecule has 1 fully saturated rings. The van der Waals surface area contributed by atoms with E-state index >= 15 is 0 Å². The molecule has 1 atom stereocenters. The Labute approximate surface area is 121 Å². The van der Waals surface area contributed by atoms with Crippen molar-refractivity contribution in [2.45, 2.75) is 51.0 Å². The molecule has 0 radical (unpaired) electrons. The maximum atomic E-state index is 12.3. The van der Waals surface area contributed by atoms with E-state index in [-0.39, 0.29) is 11.9 Å². The zero-order valence-corrected chi connectivity index (χ0v) is 12.6. The van der Waals surface area contributed by atoms with Crippen LogP contribution >= 0.6 is 0 Å². The SMILES string of the molecule is CN1C(=O)C(C)(C)c2cc(C(N)C3CCCC3)ccc21. The number of hydrogen-bond donors (Lipinski definition) is 1. The third kappa shape index (κ3) is 1.87. The van der Waals surface area contributed by atoms with Gasteiger partial charge in [0.15, 0.2) is 0 Å². The minimum Gasteiger partial charge on any atom is -0.324 e. The van der Waals surface area contributed by atoms with Crippen LogP contribution in [-0.2, 0) is 10.2 Å². The quantitative estimate of drug-likeness (QED) is 0.899. The van der Waals surface area contributed by atoms with Crippen LogP contribution in [0.1, 0.15) is 56.7 Å². The summed E-state index contributed by atoms with van der Waals surface area (Å²) in [4.78, 5) is 14.1. The van der Waals surface area contributed by atoms with Gasteiger partial charge < -0.3 is 10.6 Å². The van der Waals surface area contributed by atoms with E-state index in [0.717, 1.165) is 11.3 Å². The average molecular weight is 272 g/mol. The molecule has 3 nitrogen and oxygen atoms in total. The Hall–Kier alpha value is -1.35. The van der Waals surface area contributed by atoms with Crippen molar-refractivity contribution in [3.8, 4) is 0 Å². The molecule has 2 N–H and O–H groups in total. The number of fused-ring (bicyclic) bond motifs is 1. The molecule has 3 rings (SSSR count). The molecule has 20 heavy (non-hydrogen) atoms. The lowest BCUT2D eigenvalue weighted by Gasteiger charge is -2.22. The van der Waals surface area contributed by atoms with Gasteiger partial charge in [-0.05, 0) is 49.8 Å². The van der Waals surface area contributed by atoms with Crippen molar-refractivity contribution in [3.63, 3.8) is 0 Å². The predicted molar refractivity (Wildman–Crippen MR) is 81.8 cm³/mol. The van der Waals surface area contributed by atoms with E-state index in [9.17, 15) is 4.79 Å². The summed E-state index contributed by atoms with van der Waals surface area (Å²) in [6.07, 6.45) is 5.08. The van der Waals surface area contributed by atoms with E-state index in [1.165, 1.54) is 31.2 Å². The van der Waals surface area contributed by atoms with Crippen LogP contribution < -0.4 is 10.6 Å². The first-order chi connectivity index (χ1) is 9.43. The third-order valence-electron chi connectivity index (χ3n) is 5.19. The summed E-state index contributed by atoms with van der Waals surface area (Å²) in [5, 5.41) is 0. The molecule has 1 heterocycles. The van der Waals surface area contributed by atoms with Crippen LogP contribution in [0.15, 0.2) is 18.2 Å². The lowest BCUT2D eigenvalue weighted by Crippen LogP contribution is -2.33. The number of rotatable bonds is 2. The van der Waals surface area contributed by atoms with Crippen LogP contribution in [0, 0.1) is 5.92 Å². The van der Waals surface area contributed by atoms with Gasteiger partial charge in [0.2, 0.25) is 5.91 Å². The molecule has 108 valence electrons. The van der Waals surface area contributed by atoms with Crippen LogP contribution in [0.3, 0.4) is 0 Å². The largest absolute Gasteiger partial charge is 0.324 e. The minimum absolute atomic E-state index is 0.111. The Morgan fingerprint density at radius 2 is 1.95 bits per heavy atom. The second-order valence-electron chi connectivity index (χ2n) is 6.84. The van der Waals surface area contributed by atoms with Crippen LogP contribution in [0.4, 0.5) is 5.69 Å². The zero-order valence-electron chi connectivity index (χ0n) is 12.6. The summed E-state index contributed by atoms with van der Waals surface area (Å²) < 4.78 is 0. The van der Waals surface area contributed by atoms with Crippen molar-refractivity contribution in [2.75, 3.05) is 11.9 Å². The molecule has 0 spiro atoms. The number of likely N-dealkylation sites (N-methyl/N-ethyl adjacent to an activating group) is 1. The number of nitrogens with two attached hydrogens (primary N) is 1. The molecule has 1 aromatic rings. The lowest BCUT2D eigenvalue weighted by molar-refractivity contribution is -0.121. The summed E-state index contributed by atoms with van der Waals surface area (Å²) >= 11 is 0. The fraction of sp³-hybridized carbons (Fsp3) is 0.588. The van der Waals surface area contributed by atoms with E-state index in [2.05, 4.69) is 18.2 Å². The molecule has 1 saturated carbocycles. The molecule has 1 unspecified atom stereocenters. The number of anilines is 1. The molecule has 0 saturated heterocycles. The Bertz CT molecular complexity index is 544. The highest BCUT2D eigenvalue weighted by Gasteiger charge is 2.42. The standard InChI is InChI=1S/C17H24N2O/c1-17(2)13-10-12(15(18)11-6-4-5-7-11)8-9-14(13)19(3)16(17)20/h8-11,15H,4-7,18H2,1-3H3. The van der Waals surface area contributed by atoms with Crippen molar-refractivity contribution in [1.29, 1.82) is 0 Å². The Balaban J connectivity index is 1.98. The van der Waals surface area contributed by atoms with Gasteiger partial charge in [-0.3, -0.25) is 4.79 Å². The van der Waals surface area contributed by atoms with E-state index in [4.69, 9.17) is 5.73 Å². The highest BCUT2D eigenvalue weighted by molar-refractivity contribution is 6.07. The van der Waals surface area contributed by atoms with Gasteiger partial charge in [-0.1, -0.05) is 25.0 Å². The van der Waals surface area contributed by atoms with Gasteiger partial charge in [0.05, 0.1) is 5.41 Å². The number of carbonyl (C=O) groups excluding carboxylic acids is 1. The summed E-state index contributed by atoms with van der Waals surface area (Å²) in [5.41, 5.74) is 9.36. The number of benzene rings is 1. The fourth-order valence-corrected chi connectivity index (χ4v) is 3.79. The molecule has 1 aliphatic heterocycles. The summed E-state index contributed by atoms with van der Waals surface area (Å²) in [7, 11) is 1.85. The maximum Gasteiger partial charge on any atom is 0.236 e. The lowest BCUT2D eigenvalue weighted by atomic mass is 9.83. The van der Waals surface area contributed by atoms with E-state index in [0.29, 0.717) is 5.92 Å². The second kappa shape index (κ2) is 4.59. The topological polar surface area (TPSA) is 46.3 Å². The van der Waals surface area contributed by atoms with Gasteiger partial charge in [-0.15, -0.1) is 0 Å². The monoisotopic (exact) mass is 272 g/mol. The van der Waals surface area contributed by atoms with Crippen molar-refractivity contribution >= 4 is 11.6 Å². The van der Waals surface area contributed by atoms with Gasteiger partial charge in [0.1, 0.15) is 0 Å². The van der Waals surface area contributed by atoms with Crippen LogP contribution in [-0.4, -0.2) is 13.0 Å². The van der Waals surface area contributed by atoms with E-state index < -0.39 is 5.41 Å². The van der Waals surface area contributed by atoms with Crippen molar-refractivity contribution in [3.05, 3.63) is 29.3 Å². The maximum absolute atomic E-state index is 12.3. The molecule has 0 bridgehead atoms. The van der Waals surface area contributed by atoms with Gasteiger partial charge in [-0.25, -0.2) is 0 Å². The zero-order chi connectivity index (χ0) is 14.5. The van der Waals surface area contributed by atoms with Crippen molar-refractivity contribution in [2.24, 2.45) is 11.7 Å². The number of nitrogens with zero attached hydrogens (tertiary/aromatic N) is 1. The van der Waals surface area contributed by atoms with Crippen LogP contribution in [0.2, 0.25) is 0 Å². The first kappa shape index (κ1) is 13.6. The Morgan fingerprint density at radius 3 is 2.60 bits per heavy atom. The number of amides is 1. The van der Waals surface area contributed by atoms with Crippen molar-refractivity contribution in [1.82, 2.24) is 0 Å². The van der Waals surface area contributed by atoms with E-state index in [1.807, 2.05) is 20.9 Å². The summed E-state index contributed by atoms with van der Waals surface area (Å²) in [6, 6.07) is 6.44. The molecular formula is C17H24N2O. The Morgan fingerprint density at radius 1 is 1.30 bits per heavy atom. The second-order valence-corrected chi connectivity index (χ2v) is 6.84. The number of hydrogen-bond acceptors (Lipinski definition) is 2. The molecule has 2 aliphatic rings. The Kier molecular flexibility index (Phi) is 3.13. The molecular weight excluding hydrogens is 248 g/mol. The van der Waals surface area contributed by atoms with Crippen molar-refractivity contribution < 1.29 is 4.79 Å². The third-order valence-corrected chi connectivity index (χ3v) is 5.19. The summed E-state index contributed by atoms with van der Waals surface area (Å²) in [5.74, 6) is 0.769. The number of carbonyl (C=O) groups is 1. The van der Waals surface area contributed by atoms with Gasteiger partial charge >= 0.3 is 0 Å². The van der Waals surface area contributed by atoms with Crippen LogP contribution in [0.25, 0.3) is 0 Å². The average Bonchev–Trinajstić information content (AvgIpc) is 3.02. The first-order valence-electron chi connectivity index (χ1n) is 7.61.